The van der Waals surface area contributed by atoms with Gasteiger partial charge >= 0.3 is 10.3 Å². The van der Waals surface area contributed by atoms with Crippen LogP contribution < -0.4 is 10.0 Å². The molecule has 1 unspecified atom stereocenters. The van der Waals surface area contributed by atoms with Crippen molar-refractivity contribution in [2.24, 2.45) is 0 Å². The van der Waals surface area contributed by atoms with Crippen LogP contribution >= 0.6 is 0 Å². The first-order valence-corrected chi connectivity index (χ1v) is 8.23. The normalized spacial score (nSPS) is 18.4. The Labute approximate surface area is 121 Å². The molecule has 0 aromatic rings. The number of carbonyl (C=O) groups excluding carboxylic acids is 1. The number of nitrogens with one attached hydrogen (secondary N) is 2. The Morgan fingerprint density at radius 2 is 2.05 bits per heavy atom. The lowest BCUT2D eigenvalue weighted by atomic mass is 10.0. The van der Waals surface area contributed by atoms with Crippen molar-refractivity contribution in [1.29, 1.82) is 0 Å². The molecule has 0 aromatic carbocycles. The summed E-state index contributed by atoms with van der Waals surface area (Å²) in [6.07, 6.45) is 3.53. The fourth-order valence-electron chi connectivity index (χ4n) is 1.81. The van der Waals surface area contributed by atoms with Crippen molar-refractivity contribution in [1.82, 2.24) is 10.0 Å². The van der Waals surface area contributed by atoms with Gasteiger partial charge in [0, 0.05) is 0 Å². The van der Waals surface area contributed by atoms with E-state index in [2.05, 4.69) is 11.9 Å². The van der Waals surface area contributed by atoms with Gasteiger partial charge in [0.1, 0.15) is 0 Å². The molecule has 1 aliphatic rings. The molecule has 116 valence electrons. The van der Waals surface area contributed by atoms with E-state index in [-0.39, 0.29) is 0 Å². The molecule has 1 fully saturated rings. The van der Waals surface area contributed by atoms with Crippen LogP contribution in [0.25, 0.3) is 0 Å². The lowest BCUT2D eigenvalue weighted by Gasteiger charge is -2.18. The Balaban J connectivity index is 2.56. The number of carbonyl (C=O) groups is 1. The van der Waals surface area contributed by atoms with E-state index in [1.54, 1.807) is 14.0 Å². The Morgan fingerprint density at radius 1 is 1.45 bits per heavy atom. The minimum absolute atomic E-state index is 0.406. The molecule has 0 radical (unpaired) electrons. The highest BCUT2D eigenvalue weighted by atomic mass is 32.2. The van der Waals surface area contributed by atoms with Crippen LogP contribution in [0.1, 0.15) is 46.0 Å². The molecule has 6 nitrogen and oxygen atoms in total. The molecule has 0 spiro atoms. The van der Waals surface area contributed by atoms with Gasteiger partial charge in [0.25, 0.3) is 5.91 Å². The molecule has 0 saturated heterocycles. The van der Waals surface area contributed by atoms with Gasteiger partial charge in [-0.1, -0.05) is 25.5 Å². The Morgan fingerprint density at radius 3 is 2.50 bits per heavy atom. The number of amides is 1. The zero-order valence-corrected chi connectivity index (χ0v) is 13.2. The SMILES string of the molecule is C=C(CCC)CC(NC)C(=O)NS(=O)(=O)OC1(C)CC1. The van der Waals surface area contributed by atoms with Gasteiger partial charge in [-0.05, 0) is 39.7 Å². The first-order valence-electron chi connectivity index (χ1n) is 6.82. The topological polar surface area (TPSA) is 84.5 Å². The maximum atomic E-state index is 12.0. The summed E-state index contributed by atoms with van der Waals surface area (Å²) in [5, 5.41) is 2.80. The fourth-order valence-corrected chi connectivity index (χ4v) is 2.94. The first kappa shape index (κ1) is 17.1. The van der Waals surface area contributed by atoms with E-state index < -0.39 is 27.9 Å². The van der Waals surface area contributed by atoms with Crippen LogP contribution in [0.4, 0.5) is 0 Å². The predicted molar refractivity (Wildman–Crippen MR) is 77.3 cm³/mol. The van der Waals surface area contributed by atoms with E-state index in [0.29, 0.717) is 19.3 Å². The summed E-state index contributed by atoms with van der Waals surface area (Å²) in [7, 11) is -2.44. The van der Waals surface area contributed by atoms with Gasteiger partial charge in [0.2, 0.25) is 0 Å². The first-order chi connectivity index (χ1) is 9.21. The molecular weight excluding hydrogens is 280 g/mol. The Hall–Kier alpha value is -0.920. The molecular formula is C13H24N2O4S. The van der Waals surface area contributed by atoms with Crippen LogP contribution in [0.3, 0.4) is 0 Å². The molecule has 1 saturated carbocycles. The Bertz CT molecular complexity index is 469. The second-order valence-corrected chi connectivity index (χ2v) is 6.78. The molecule has 2 N–H and O–H groups in total. The maximum absolute atomic E-state index is 12.0. The van der Waals surface area contributed by atoms with E-state index in [0.717, 1.165) is 18.4 Å². The molecule has 0 aromatic heterocycles. The fraction of sp³-hybridized carbons (Fsp3) is 0.769. The highest BCUT2D eigenvalue weighted by molar-refractivity contribution is 7.85. The van der Waals surface area contributed by atoms with Crippen molar-refractivity contribution in [2.75, 3.05) is 7.05 Å². The highest BCUT2D eigenvalue weighted by Gasteiger charge is 2.43. The predicted octanol–water partition coefficient (Wildman–Crippen LogP) is 1.25. The standard InChI is InChI=1S/C13H24N2O4S/c1-5-6-10(2)9-11(14-4)12(16)15-20(17,18)19-13(3)7-8-13/h11,14H,2,5-9H2,1,3-4H3,(H,15,16). The quantitative estimate of drug-likeness (QED) is 0.626. The number of hydrogen-bond donors (Lipinski definition) is 2. The third kappa shape index (κ3) is 5.60. The molecule has 0 aliphatic heterocycles. The van der Waals surface area contributed by atoms with Crippen molar-refractivity contribution < 1.29 is 17.4 Å². The van der Waals surface area contributed by atoms with Crippen molar-refractivity contribution in [3.05, 3.63) is 12.2 Å². The molecule has 0 bridgehead atoms. The molecule has 20 heavy (non-hydrogen) atoms. The minimum atomic E-state index is -4.05. The summed E-state index contributed by atoms with van der Waals surface area (Å²) in [4.78, 5) is 12.0. The third-order valence-corrected chi connectivity index (χ3v) is 4.32. The monoisotopic (exact) mass is 304 g/mol. The zero-order chi connectivity index (χ0) is 15.4. The lowest BCUT2D eigenvalue weighted by molar-refractivity contribution is -0.121. The van der Waals surface area contributed by atoms with Crippen LogP contribution in [0.2, 0.25) is 0 Å². The van der Waals surface area contributed by atoms with E-state index >= 15 is 0 Å². The van der Waals surface area contributed by atoms with Gasteiger partial charge in [-0.15, -0.1) is 0 Å². The van der Waals surface area contributed by atoms with Gasteiger partial charge in [0.15, 0.2) is 0 Å². The molecule has 1 atom stereocenters. The van der Waals surface area contributed by atoms with E-state index in [1.165, 1.54) is 0 Å². The Kier molecular flexibility index (Phi) is 5.73. The van der Waals surface area contributed by atoms with Crippen molar-refractivity contribution in [3.63, 3.8) is 0 Å². The third-order valence-electron chi connectivity index (χ3n) is 3.25. The van der Waals surface area contributed by atoms with Crippen LogP contribution in [0, 0.1) is 0 Å². The average molecular weight is 304 g/mol. The van der Waals surface area contributed by atoms with E-state index in [1.807, 2.05) is 11.6 Å². The van der Waals surface area contributed by atoms with Crippen LogP contribution in [0.15, 0.2) is 12.2 Å². The van der Waals surface area contributed by atoms with Gasteiger partial charge in [-0.2, -0.15) is 8.42 Å². The number of rotatable bonds is 9. The average Bonchev–Trinajstić information content (AvgIpc) is 3.01. The van der Waals surface area contributed by atoms with Crippen molar-refractivity contribution >= 4 is 16.2 Å². The molecule has 1 aliphatic carbocycles. The molecule has 1 rings (SSSR count). The second-order valence-electron chi connectivity index (χ2n) is 5.50. The van der Waals surface area contributed by atoms with Crippen LogP contribution in [-0.2, 0) is 19.3 Å². The van der Waals surface area contributed by atoms with Gasteiger partial charge < -0.3 is 5.32 Å². The summed E-state index contributed by atoms with van der Waals surface area (Å²) in [6, 6.07) is -0.626. The number of likely N-dealkylation sites (N-methyl/N-ethyl adjacent to an activating group) is 1. The summed E-state index contributed by atoms with van der Waals surface area (Å²) >= 11 is 0. The van der Waals surface area contributed by atoms with E-state index in [4.69, 9.17) is 4.18 Å². The molecule has 0 heterocycles. The van der Waals surface area contributed by atoms with Gasteiger partial charge in [0.05, 0.1) is 11.6 Å². The molecule has 1 amide bonds. The molecule has 7 heteroatoms. The summed E-state index contributed by atoms with van der Waals surface area (Å²) in [5.74, 6) is -0.617. The van der Waals surface area contributed by atoms with E-state index in [9.17, 15) is 13.2 Å². The van der Waals surface area contributed by atoms with Gasteiger partial charge in [-0.25, -0.2) is 8.91 Å². The van der Waals surface area contributed by atoms with Crippen molar-refractivity contribution in [2.45, 2.75) is 57.6 Å². The number of hydrogen-bond acceptors (Lipinski definition) is 5. The maximum Gasteiger partial charge on any atom is 0.362 e. The summed E-state index contributed by atoms with van der Waals surface area (Å²) in [6.45, 7) is 7.61. The van der Waals surface area contributed by atoms with Crippen LogP contribution in [0.5, 0.6) is 0 Å². The zero-order valence-electron chi connectivity index (χ0n) is 12.4. The van der Waals surface area contributed by atoms with Crippen molar-refractivity contribution in [3.8, 4) is 0 Å². The highest BCUT2D eigenvalue weighted by Crippen LogP contribution is 2.39. The summed E-state index contributed by atoms with van der Waals surface area (Å²) in [5.41, 5.74) is 0.266. The van der Waals surface area contributed by atoms with Gasteiger partial charge in [-0.3, -0.25) is 4.79 Å². The minimum Gasteiger partial charge on any atom is -0.309 e. The largest absolute Gasteiger partial charge is 0.362 e. The smallest absolute Gasteiger partial charge is 0.309 e. The van der Waals surface area contributed by atoms with Crippen LogP contribution in [-0.4, -0.2) is 33.0 Å². The lowest BCUT2D eigenvalue weighted by Crippen LogP contribution is -2.46. The summed E-state index contributed by atoms with van der Waals surface area (Å²) < 4.78 is 30.4. The second kappa shape index (κ2) is 6.69.